The normalized spacial score (nSPS) is 18.0. The average molecular weight is 241 g/mol. The lowest BCUT2D eigenvalue weighted by Gasteiger charge is -2.37. The predicted octanol–water partition coefficient (Wildman–Crippen LogP) is 1.55. The largest absolute Gasteiger partial charge is 0.380 e. The highest BCUT2D eigenvalue weighted by molar-refractivity contribution is 5.01. The van der Waals surface area contributed by atoms with Crippen molar-refractivity contribution in [1.29, 1.82) is 0 Å². The highest BCUT2D eigenvalue weighted by Gasteiger charge is 2.33. The summed E-state index contributed by atoms with van der Waals surface area (Å²) in [6.07, 6.45) is 0. The molecular weight excluding hydrogens is 222 g/mol. The summed E-state index contributed by atoms with van der Waals surface area (Å²) in [4.78, 5) is 0. The van der Waals surface area contributed by atoms with E-state index in [2.05, 4.69) is 12.1 Å². The van der Waals surface area contributed by atoms with Crippen LogP contribution in [0.2, 0.25) is 0 Å². The number of ether oxygens (including phenoxy) is 3. The number of aryl methyl sites for hydroxylation is 1. The molecule has 1 aliphatic rings. The van der Waals surface area contributed by atoms with E-state index in [0.29, 0.717) is 19.8 Å². The van der Waals surface area contributed by atoms with E-state index in [1.165, 1.54) is 0 Å². The molecule has 1 aromatic heterocycles. The first kappa shape index (κ1) is 12.5. The first-order chi connectivity index (χ1) is 8.18. The fourth-order valence-corrected chi connectivity index (χ4v) is 1.63. The maximum Gasteiger partial charge on any atom is 0.134 e. The van der Waals surface area contributed by atoms with Crippen molar-refractivity contribution in [1.82, 2.24) is 5.16 Å². The lowest BCUT2D eigenvalue weighted by atomic mass is 9.90. The summed E-state index contributed by atoms with van der Waals surface area (Å²) in [5.74, 6) is 0.803. The van der Waals surface area contributed by atoms with Crippen molar-refractivity contribution >= 4 is 0 Å². The number of hydrogen-bond acceptors (Lipinski definition) is 5. The number of nitrogens with zero attached hydrogens (tertiary/aromatic N) is 1. The first-order valence-electron chi connectivity index (χ1n) is 5.83. The molecule has 1 saturated heterocycles. The summed E-state index contributed by atoms with van der Waals surface area (Å²) >= 11 is 0. The van der Waals surface area contributed by atoms with Gasteiger partial charge in [0.2, 0.25) is 0 Å². The van der Waals surface area contributed by atoms with E-state index in [9.17, 15) is 0 Å². The van der Waals surface area contributed by atoms with E-state index in [0.717, 1.165) is 31.3 Å². The van der Waals surface area contributed by atoms with Crippen LogP contribution >= 0.6 is 0 Å². The highest BCUT2D eigenvalue weighted by atomic mass is 16.5. The first-order valence-corrected chi connectivity index (χ1v) is 5.83. The van der Waals surface area contributed by atoms with Gasteiger partial charge in [0.15, 0.2) is 0 Å². The van der Waals surface area contributed by atoms with Crippen LogP contribution in [0.5, 0.6) is 0 Å². The molecule has 2 rings (SSSR count). The highest BCUT2D eigenvalue weighted by Crippen LogP contribution is 2.26. The number of hydrogen-bond donors (Lipinski definition) is 0. The third-order valence-electron chi connectivity index (χ3n) is 2.65. The molecule has 0 radical (unpaired) electrons. The molecule has 0 unspecified atom stereocenters. The Labute approximate surface area is 101 Å². The van der Waals surface area contributed by atoms with Crippen LogP contribution in [0.3, 0.4) is 0 Å². The maximum absolute atomic E-state index is 5.53. The Morgan fingerprint density at radius 1 is 1.35 bits per heavy atom. The second kappa shape index (κ2) is 5.62. The van der Waals surface area contributed by atoms with Crippen molar-refractivity contribution in [2.75, 3.05) is 33.0 Å². The molecule has 5 nitrogen and oxygen atoms in total. The fourth-order valence-electron chi connectivity index (χ4n) is 1.63. The molecule has 5 heteroatoms. The summed E-state index contributed by atoms with van der Waals surface area (Å²) in [6.45, 7) is 8.00. The van der Waals surface area contributed by atoms with Gasteiger partial charge in [-0.3, -0.25) is 0 Å². The summed E-state index contributed by atoms with van der Waals surface area (Å²) in [5, 5.41) is 3.84. The Kier molecular flexibility index (Phi) is 4.15. The SMILES string of the molecule is Cc1cc(COCCOCC2(C)COC2)no1. The molecule has 1 aromatic rings. The van der Waals surface area contributed by atoms with Crippen molar-refractivity contribution in [2.45, 2.75) is 20.5 Å². The van der Waals surface area contributed by atoms with Gasteiger partial charge in [0.25, 0.3) is 0 Å². The molecule has 0 bridgehead atoms. The topological polar surface area (TPSA) is 53.7 Å². The zero-order valence-electron chi connectivity index (χ0n) is 10.4. The Morgan fingerprint density at radius 2 is 2.12 bits per heavy atom. The Bertz CT molecular complexity index is 346. The summed E-state index contributed by atoms with van der Waals surface area (Å²) in [7, 11) is 0. The smallest absolute Gasteiger partial charge is 0.134 e. The van der Waals surface area contributed by atoms with Crippen molar-refractivity contribution in [3.63, 3.8) is 0 Å². The lowest BCUT2D eigenvalue weighted by Crippen LogP contribution is -2.43. The minimum atomic E-state index is 0.212. The van der Waals surface area contributed by atoms with Gasteiger partial charge < -0.3 is 18.7 Å². The Morgan fingerprint density at radius 3 is 2.71 bits per heavy atom. The van der Waals surface area contributed by atoms with E-state index in [4.69, 9.17) is 18.7 Å². The molecule has 0 atom stereocenters. The maximum atomic E-state index is 5.53. The zero-order chi connectivity index (χ0) is 12.1. The van der Waals surface area contributed by atoms with E-state index < -0.39 is 0 Å². The zero-order valence-corrected chi connectivity index (χ0v) is 10.4. The van der Waals surface area contributed by atoms with Gasteiger partial charge in [-0.15, -0.1) is 0 Å². The van der Waals surface area contributed by atoms with Crippen molar-refractivity contribution in [2.24, 2.45) is 5.41 Å². The van der Waals surface area contributed by atoms with Crippen LogP contribution in [0, 0.1) is 12.3 Å². The van der Waals surface area contributed by atoms with Crippen LogP contribution in [0.25, 0.3) is 0 Å². The van der Waals surface area contributed by atoms with Gasteiger partial charge in [-0.1, -0.05) is 12.1 Å². The summed E-state index contributed by atoms with van der Waals surface area (Å²) < 4.78 is 21.0. The van der Waals surface area contributed by atoms with Crippen molar-refractivity contribution in [3.8, 4) is 0 Å². The van der Waals surface area contributed by atoms with Crippen molar-refractivity contribution < 1.29 is 18.7 Å². The summed E-state index contributed by atoms with van der Waals surface area (Å²) in [5.41, 5.74) is 1.03. The van der Waals surface area contributed by atoms with Crippen molar-refractivity contribution in [3.05, 3.63) is 17.5 Å². The van der Waals surface area contributed by atoms with Gasteiger partial charge in [0.05, 0.1) is 39.6 Å². The van der Waals surface area contributed by atoms with E-state index in [-0.39, 0.29) is 5.41 Å². The van der Waals surface area contributed by atoms with Crippen LogP contribution in [-0.4, -0.2) is 38.2 Å². The van der Waals surface area contributed by atoms with Gasteiger partial charge in [0, 0.05) is 11.5 Å². The van der Waals surface area contributed by atoms with Crippen LogP contribution in [0.4, 0.5) is 0 Å². The molecule has 0 amide bonds. The van der Waals surface area contributed by atoms with Crippen LogP contribution in [-0.2, 0) is 20.8 Å². The molecule has 0 aromatic carbocycles. The molecule has 0 N–H and O–H groups in total. The van der Waals surface area contributed by atoms with Crippen LogP contribution < -0.4 is 0 Å². The van der Waals surface area contributed by atoms with Crippen LogP contribution in [0.1, 0.15) is 18.4 Å². The molecule has 2 heterocycles. The fraction of sp³-hybridized carbons (Fsp3) is 0.750. The molecule has 17 heavy (non-hydrogen) atoms. The molecule has 1 aliphatic heterocycles. The monoisotopic (exact) mass is 241 g/mol. The minimum absolute atomic E-state index is 0.212. The summed E-state index contributed by atoms with van der Waals surface area (Å²) in [6, 6.07) is 1.87. The molecule has 0 spiro atoms. The van der Waals surface area contributed by atoms with Gasteiger partial charge in [-0.2, -0.15) is 0 Å². The van der Waals surface area contributed by atoms with Gasteiger partial charge in [0.1, 0.15) is 11.5 Å². The molecular formula is C12H19NO4. The Hall–Kier alpha value is -0.910. The molecule has 0 aliphatic carbocycles. The van der Waals surface area contributed by atoms with E-state index in [1.54, 1.807) is 0 Å². The van der Waals surface area contributed by atoms with E-state index in [1.807, 2.05) is 13.0 Å². The quantitative estimate of drug-likeness (QED) is 0.678. The second-order valence-corrected chi connectivity index (χ2v) is 4.84. The van der Waals surface area contributed by atoms with Crippen LogP contribution in [0.15, 0.2) is 10.6 Å². The molecule has 96 valence electrons. The third kappa shape index (κ3) is 3.80. The predicted molar refractivity (Wildman–Crippen MR) is 60.6 cm³/mol. The van der Waals surface area contributed by atoms with Gasteiger partial charge in [-0.05, 0) is 6.92 Å². The van der Waals surface area contributed by atoms with Gasteiger partial charge in [-0.25, -0.2) is 0 Å². The molecule has 1 fully saturated rings. The third-order valence-corrected chi connectivity index (χ3v) is 2.65. The molecule has 0 saturated carbocycles. The number of aromatic nitrogens is 1. The standard InChI is InChI=1S/C12H19NO4/c1-10-5-11(13-17-10)6-14-3-4-15-7-12(2)8-16-9-12/h5H,3-4,6-9H2,1-2H3. The second-order valence-electron chi connectivity index (χ2n) is 4.84. The van der Waals surface area contributed by atoms with Gasteiger partial charge >= 0.3 is 0 Å². The average Bonchev–Trinajstić information content (AvgIpc) is 2.67. The lowest BCUT2D eigenvalue weighted by molar-refractivity contribution is -0.141. The number of rotatable bonds is 7. The minimum Gasteiger partial charge on any atom is -0.380 e. The van der Waals surface area contributed by atoms with E-state index >= 15 is 0 Å². The Balaban J connectivity index is 1.49.